The number of hydrogen-bond donors (Lipinski definition) is 1. The van der Waals surface area contributed by atoms with Crippen LogP contribution in [0, 0.1) is 10.8 Å². The molecule has 0 aliphatic carbocycles. The summed E-state index contributed by atoms with van der Waals surface area (Å²) in [7, 11) is 1.59. The molecule has 0 amide bonds. The molecule has 0 unspecified atom stereocenters. The largest absolute Gasteiger partial charge is 0.508 e. The first-order valence-corrected chi connectivity index (χ1v) is 6.94. The Morgan fingerprint density at radius 3 is 1.55 bits per heavy atom. The molecule has 0 atom stereocenters. The highest BCUT2D eigenvalue weighted by molar-refractivity contribution is 5.29. The summed E-state index contributed by atoms with van der Waals surface area (Å²) in [4.78, 5) is 0. The molecule has 116 valence electrons. The Hall–Kier alpha value is -1.22. The van der Waals surface area contributed by atoms with Gasteiger partial charge >= 0.3 is 0 Å². The Kier molecular flexibility index (Phi) is 7.66. The molecule has 0 spiro atoms. The van der Waals surface area contributed by atoms with Gasteiger partial charge in [-0.1, -0.05) is 41.5 Å². The second-order valence-corrected chi connectivity index (χ2v) is 7.31. The smallest absolute Gasteiger partial charge is 0.119 e. The van der Waals surface area contributed by atoms with Gasteiger partial charge in [0.25, 0.3) is 0 Å². The van der Waals surface area contributed by atoms with Crippen LogP contribution in [-0.2, 0) is 4.74 Å². The molecule has 0 saturated heterocycles. The van der Waals surface area contributed by atoms with Crippen molar-refractivity contribution in [2.24, 2.45) is 10.8 Å². The molecule has 1 N–H and O–H groups in total. The fraction of sp³-hybridized carbons (Fsp3) is 0.647. The minimum absolute atomic E-state index is 0.260. The van der Waals surface area contributed by atoms with E-state index in [1.54, 1.807) is 31.4 Å². The van der Waals surface area contributed by atoms with Gasteiger partial charge in [0.2, 0.25) is 0 Å². The lowest BCUT2D eigenvalue weighted by atomic mass is 9.97. The first kappa shape index (κ1) is 18.8. The third-order valence-electron chi connectivity index (χ3n) is 2.14. The van der Waals surface area contributed by atoms with Crippen LogP contribution in [0.2, 0.25) is 0 Å². The Morgan fingerprint density at radius 2 is 1.25 bits per heavy atom. The summed E-state index contributed by atoms with van der Waals surface area (Å²) >= 11 is 0. The van der Waals surface area contributed by atoms with Gasteiger partial charge < -0.3 is 14.6 Å². The summed E-state index contributed by atoms with van der Waals surface area (Å²) in [5, 5.41) is 8.80. The van der Waals surface area contributed by atoms with Gasteiger partial charge in [-0.25, -0.2) is 0 Å². The molecule has 20 heavy (non-hydrogen) atoms. The van der Waals surface area contributed by atoms with E-state index in [2.05, 4.69) is 41.5 Å². The minimum Gasteiger partial charge on any atom is -0.508 e. The van der Waals surface area contributed by atoms with E-state index in [0.29, 0.717) is 10.8 Å². The number of hydrogen-bond acceptors (Lipinski definition) is 3. The molecule has 3 heteroatoms. The van der Waals surface area contributed by atoms with Crippen LogP contribution in [0.25, 0.3) is 0 Å². The van der Waals surface area contributed by atoms with Gasteiger partial charge in [0, 0.05) is 0 Å². The van der Waals surface area contributed by atoms with Crippen LogP contribution in [-0.4, -0.2) is 25.4 Å². The monoisotopic (exact) mass is 282 g/mol. The van der Waals surface area contributed by atoms with Crippen molar-refractivity contribution in [2.45, 2.75) is 41.5 Å². The lowest BCUT2D eigenvalue weighted by Crippen LogP contribution is -2.21. The SMILES string of the molecule is CC(C)(C)COCC(C)(C)C.COc1ccc(O)cc1. The van der Waals surface area contributed by atoms with Gasteiger partial charge in [-0.05, 0) is 35.1 Å². The third-order valence-corrected chi connectivity index (χ3v) is 2.14. The lowest BCUT2D eigenvalue weighted by molar-refractivity contribution is 0.0275. The van der Waals surface area contributed by atoms with Crippen LogP contribution >= 0.6 is 0 Å². The topological polar surface area (TPSA) is 38.7 Å². The summed E-state index contributed by atoms with van der Waals surface area (Å²) in [5.74, 6) is 1.02. The first-order valence-electron chi connectivity index (χ1n) is 6.94. The second-order valence-electron chi connectivity index (χ2n) is 7.31. The maximum Gasteiger partial charge on any atom is 0.119 e. The van der Waals surface area contributed by atoms with E-state index in [0.717, 1.165) is 19.0 Å². The number of phenolic OH excluding ortho intramolecular Hbond substituents is 1. The molecule has 0 fully saturated rings. The normalized spacial score (nSPS) is 11.6. The van der Waals surface area contributed by atoms with Crippen molar-refractivity contribution < 1.29 is 14.6 Å². The number of phenols is 1. The number of aromatic hydroxyl groups is 1. The molecule has 0 aliphatic rings. The molecular formula is C17H30O3. The van der Waals surface area contributed by atoms with Crippen molar-refractivity contribution in [3.63, 3.8) is 0 Å². The molecule has 0 bridgehead atoms. The summed E-state index contributed by atoms with van der Waals surface area (Å²) < 4.78 is 10.4. The Morgan fingerprint density at radius 1 is 0.850 bits per heavy atom. The molecule has 0 heterocycles. The van der Waals surface area contributed by atoms with Gasteiger partial charge in [-0.15, -0.1) is 0 Å². The molecule has 0 radical (unpaired) electrons. The van der Waals surface area contributed by atoms with Crippen molar-refractivity contribution in [1.82, 2.24) is 0 Å². The summed E-state index contributed by atoms with van der Waals surface area (Å²) in [5.41, 5.74) is 0.594. The van der Waals surface area contributed by atoms with Crippen LogP contribution < -0.4 is 4.74 Å². The van der Waals surface area contributed by atoms with Crippen molar-refractivity contribution in [1.29, 1.82) is 0 Å². The quantitative estimate of drug-likeness (QED) is 0.887. The summed E-state index contributed by atoms with van der Waals surface area (Å²) in [6, 6.07) is 6.57. The second kappa shape index (κ2) is 8.15. The molecular weight excluding hydrogens is 252 g/mol. The van der Waals surface area contributed by atoms with Gasteiger partial charge in [-0.3, -0.25) is 0 Å². The lowest BCUT2D eigenvalue weighted by Gasteiger charge is -2.23. The van der Waals surface area contributed by atoms with E-state index in [9.17, 15) is 0 Å². The predicted octanol–water partition coefficient (Wildman–Crippen LogP) is 4.50. The maximum atomic E-state index is 8.80. The number of benzene rings is 1. The van der Waals surface area contributed by atoms with E-state index in [1.807, 2.05) is 0 Å². The highest BCUT2D eigenvalue weighted by Crippen LogP contribution is 2.17. The van der Waals surface area contributed by atoms with E-state index < -0.39 is 0 Å². The number of ether oxygens (including phenoxy) is 2. The first-order chi connectivity index (χ1) is 9.03. The molecule has 0 aliphatic heterocycles. The highest BCUT2D eigenvalue weighted by Gasteiger charge is 2.14. The average molecular weight is 282 g/mol. The van der Waals surface area contributed by atoms with Crippen LogP contribution in [0.4, 0.5) is 0 Å². The molecule has 1 aromatic carbocycles. The predicted molar refractivity (Wildman–Crippen MR) is 84.4 cm³/mol. The Balaban J connectivity index is 0.000000367. The Labute approximate surface area is 123 Å². The fourth-order valence-electron chi connectivity index (χ4n) is 1.25. The van der Waals surface area contributed by atoms with Crippen molar-refractivity contribution in [2.75, 3.05) is 20.3 Å². The molecule has 1 aromatic rings. The van der Waals surface area contributed by atoms with Crippen LogP contribution in [0.5, 0.6) is 11.5 Å². The highest BCUT2D eigenvalue weighted by atomic mass is 16.5. The maximum absolute atomic E-state index is 8.80. The molecule has 0 aromatic heterocycles. The zero-order chi connectivity index (χ0) is 15.8. The van der Waals surface area contributed by atoms with E-state index in [4.69, 9.17) is 14.6 Å². The van der Waals surface area contributed by atoms with Crippen LogP contribution in [0.1, 0.15) is 41.5 Å². The van der Waals surface area contributed by atoms with Crippen molar-refractivity contribution in [3.05, 3.63) is 24.3 Å². The number of methoxy groups -OCH3 is 1. The third kappa shape index (κ3) is 11.8. The minimum atomic E-state index is 0.260. The zero-order valence-corrected chi connectivity index (χ0v) is 14.0. The zero-order valence-electron chi connectivity index (χ0n) is 14.0. The number of rotatable bonds is 3. The van der Waals surface area contributed by atoms with Gasteiger partial charge in [0.15, 0.2) is 0 Å². The van der Waals surface area contributed by atoms with Gasteiger partial charge in [0.05, 0.1) is 20.3 Å². The Bertz CT molecular complexity index is 341. The molecule has 1 rings (SSSR count). The van der Waals surface area contributed by atoms with Crippen LogP contribution in [0.15, 0.2) is 24.3 Å². The fourth-order valence-corrected chi connectivity index (χ4v) is 1.25. The molecule has 0 saturated carbocycles. The standard InChI is InChI=1S/C10H22O.C7H8O2/c1-9(2,3)7-11-8-10(4,5)6;1-9-7-4-2-6(8)3-5-7/h7-8H2,1-6H3;2-5,8H,1H3. The molecule has 3 nitrogen and oxygen atoms in total. The van der Waals surface area contributed by atoms with E-state index in [-0.39, 0.29) is 5.75 Å². The van der Waals surface area contributed by atoms with Crippen LogP contribution in [0.3, 0.4) is 0 Å². The van der Waals surface area contributed by atoms with Crippen molar-refractivity contribution >= 4 is 0 Å². The van der Waals surface area contributed by atoms with Crippen molar-refractivity contribution in [3.8, 4) is 11.5 Å². The van der Waals surface area contributed by atoms with E-state index >= 15 is 0 Å². The van der Waals surface area contributed by atoms with E-state index in [1.165, 1.54) is 0 Å². The average Bonchev–Trinajstić information content (AvgIpc) is 2.27. The van der Waals surface area contributed by atoms with Gasteiger partial charge in [-0.2, -0.15) is 0 Å². The summed E-state index contributed by atoms with van der Waals surface area (Å²) in [6.07, 6.45) is 0. The summed E-state index contributed by atoms with van der Waals surface area (Å²) in [6.45, 7) is 14.8. The van der Waals surface area contributed by atoms with Gasteiger partial charge in [0.1, 0.15) is 11.5 Å².